The smallest absolute Gasteiger partial charge is 0.403 e. The van der Waals surface area contributed by atoms with Crippen LogP contribution in [0.25, 0.3) is 11.5 Å². The second-order valence-electron chi connectivity index (χ2n) is 4.68. The summed E-state index contributed by atoms with van der Waals surface area (Å²) in [6.07, 6.45) is 3.11. The number of benzene rings is 1. The number of hydrogen-bond donors (Lipinski definition) is 1. The lowest BCUT2D eigenvalue weighted by Gasteiger charge is -2.06. The van der Waals surface area contributed by atoms with Crippen molar-refractivity contribution in [2.24, 2.45) is 0 Å². The van der Waals surface area contributed by atoms with Gasteiger partial charge >= 0.3 is 11.5 Å². The molecule has 2 aromatic heterocycles. The Morgan fingerprint density at radius 2 is 1.88 bits per heavy atom. The number of thioether (sulfide) groups is 1. The van der Waals surface area contributed by atoms with E-state index in [0.717, 1.165) is 0 Å². The van der Waals surface area contributed by atoms with E-state index in [9.17, 15) is 18.0 Å². The highest BCUT2D eigenvalue weighted by Gasteiger charge is 2.29. The molecular formula is C15H9F3N4O2S. The molecule has 0 saturated carbocycles. The van der Waals surface area contributed by atoms with Crippen LogP contribution in [0.2, 0.25) is 0 Å². The van der Waals surface area contributed by atoms with Crippen LogP contribution in [0, 0.1) is 0 Å². The molecule has 10 heteroatoms. The van der Waals surface area contributed by atoms with E-state index in [4.69, 9.17) is 4.42 Å². The molecule has 0 unspecified atom stereocenters. The number of halogens is 3. The summed E-state index contributed by atoms with van der Waals surface area (Å²) >= 11 is -0.252. The van der Waals surface area contributed by atoms with Crippen LogP contribution in [0.5, 0.6) is 0 Å². The highest BCUT2D eigenvalue weighted by molar-refractivity contribution is 8.00. The van der Waals surface area contributed by atoms with Gasteiger partial charge in [0.25, 0.3) is 11.8 Å². The minimum atomic E-state index is -4.38. The van der Waals surface area contributed by atoms with Gasteiger partial charge in [0.15, 0.2) is 0 Å². The first-order chi connectivity index (χ1) is 11.9. The maximum Gasteiger partial charge on any atom is 0.446 e. The normalized spacial score (nSPS) is 11.3. The number of alkyl halides is 3. The van der Waals surface area contributed by atoms with E-state index in [1.54, 1.807) is 18.3 Å². The summed E-state index contributed by atoms with van der Waals surface area (Å²) in [5.41, 5.74) is -3.63. The van der Waals surface area contributed by atoms with E-state index in [2.05, 4.69) is 20.5 Å². The Kier molecular flexibility index (Phi) is 4.70. The zero-order valence-corrected chi connectivity index (χ0v) is 13.1. The van der Waals surface area contributed by atoms with Crippen LogP contribution in [-0.4, -0.2) is 26.6 Å². The third kappa shape index (κ3) is 4.57. The van der Waals surface area contributed by atoms with Crippen molar-refractivity contribution in [3.63, 3.8) is 0 Å². The maximum atomic E-state index is 12.3. The average Bonchev–Trinajstić information content (AvgIpc) is 3.03. The number of amides is 1. The first-order valence-corrected chi connectivity index (χ1v) is 7.63. The van der Waals surface area contributed by atoms with Crippen molar-refractivity contribution in [1.82, 2.24) is 15.2 Å². The molecule has 0 bridgehead atoms. The third-order valence-electron chi connectivity index (χ3n) is 2.90. The van der Waals surface area contributed by atoms with E-state index in [-0.39, 0.29) is 34.1 Å². The summed E-state index contributed by atoms with van der Waals surface area (Å²) in [6, 6.07) is 8.26. The molecule has 2 heterocycles. The van der Waals surface area contributed by atoms with Gasteiger partial charge in [0.1, 0.15) is 0 Å². The van der Waals surface area contributed by atoms with Crippen LogP contribution in [-0.2, 0) is 0 Å². The fourth-order valence-electron chi connectivity index (χ4n) is 1.86. The molecule has 3 aromatic rings. The van der Waals surface area contributed by atoms with Crippen LogP contribution in [0.4, 0.5) is 19.2 Å². The number of pyridine rings is 1. The standard InChI is InChI=1S/C15H9F3N4O2S/c16-15(17,18)25-11-5-3-9(4-6-11)12(23)20-14-22-21-13(24-14)10-2-1-7-19-8-10/h1-8H,(H,20,22,23). The molecule has 0 aliphatic heterocycles. The molecule has 0 fully saturated rings. The minimum absolute atomic E-state index is 0.0132. The van der Waals surface area contributed by atoms with Gasteiger partial charge in [0.05, 0.1) is 5.56 Å². The van der Waals surface area contributed by atoms with Crippen molar-refractivity contribution in [2.45, 2.75) is 10.4 Å². The molecule has 25 heavy (non-hydrogen) atoms. The lowest BCUT2D eigenvalue weighted by atomic mass is 10.2. The van der Waals surface area contributed by atoms with Crippen LogP contribution in [0.3, 0.4) is 0 Å². The fraction of sp³-hybridized carbons (Fsp3) is 0.0667. The number of nitrogens with zero attached hydrogens (tertiary/aromatic N) is 3. The topological polar surface area (TPSA) is 80.9 Å². The van der Waals surface area contributed by atoms with Gasteiger partial charge in [-0.25, -0.2) is 0 Å². The number of hydrogen-bond acceptors (Lipinski definition) is 6. The Morgan fingerprint density at radius 3 is 2.52 bits per heavy atom. The monoisotopic (exact) mass is 366 g/mol. The van der Waals surface area contributed by atoms with Crippen molar-refractivity contribution >= 4 is 23.7 Å². The number of carbonyl (C=O) groups excluding carboxylic acids is 1. The Morgan fingerprint density at radius 1 is 1.12 bits per heavy atom. The van der Waals surface area contributed by atoms with Gasteiger partial charge in [0.2, 0.25) is 0 Å². The zero-order chi connectivity index (χ0) is 17.9. The molecule has 3 rings (SSSR count). The first-order valence-electron chi connectivity index (χ1n) is 6.82. The molecule has 6 nitrogen and oxygen atoms in total. The predicted molar refractivity (Wildman–Crippen MR) is 83.8 cm³/mol. The third-order valence-corrected chi connectivity index (χ3v) is 3.64. The highest BCUT2D eigenvalue weighted by Crippen LogP contribution is 2.36. The van der Waals surface area contributed by atoms with E-state index >= 15 is 0 Å². The quantitative estimate of drug-likeness (QED) is 0.703. The van der Waals surface area contributed by atoms with Crippen LogP contribution in [0.1, 0.15) is 10.4 Å². The van der Waals surface area contributed by atoms with Crippen molar-refractivity contribution in [1.29, 1.82) is 0 Å². The maximum absolute atomic E-state index is 12.3. The average molecular weight is 366 g/mol. The van der Waals surface area contributed by atoms with Crippen molar-refractivity contribution < 1.29 is 22.4 Å². The summed E-state index contributed by atoms with van der Waals surface area (Å²) in [7, 11) is 0. The van der Waals surface area contributed by atoms with Gasteiger partial charge in [-0.15, -0.1) is 5.10 Å². The molecule has 0 aliphatic carbocycles. The summed E-state index contributed by atoms with van der Waals surface area (Å²) in [6.45, 7) is 0. The van der Waals surface area contributed by atoms with Crippen LogP contribution >= 0.6 is 11.8 Å². The number of anilines is 1. The van der Waals surface area contributed by atoms with Crippen LogP contribution in [0.15, 0.2) is 58.1 Å². The molecule has 1 amide bonds. The first kappa shape index (κ1) is 17.0. The van der Waals surface area contributed by atoms with Crippen molar-refractivity contribution in [3.05, 3.63) is 54.4 Å². The molecular weight excluding hydrogens is 357 g/mol. The Hall–Kier alpha value is -2.88. The van der Waals surface area contributed by atoms with Crippen molar-refractivity contribution in [3.8, 4) is 11.5 Å². The number of nitrogens with one attached hydrogen (secondary N) is 1. The second kappa shape index (κ2) is 6.93. The fourth-order valence-corrected chi connectivity index (χ4v) is 2.40. The number of rotatable bonds is 4. The van der Waals surface area contributed by atoms with Gasteiger partial charge in [-0.3, -0.25) is 15.1 Å². The van der Waals surface area contributed by atoms with E-state index in [1.165, 1.54) is 30.5 Å². The zero-order valence-electron chi connectivity index (χ0n) is 12.3. The van der Waals surface area contributed by atoms with E-state index in [0.29, 0.717) is 5.56 Å². The summed E-state index contributed by atoms with van der Waals surface area (Å²) in [4.78, 5) is 16.0. The molecule has 0 saturated heterocycles. The molecule has 0 radical (unpaired) electrons. The predicted octanol–water partition coefficient (Wildman–Crippen LogP) is 4.00. The summed E-state index contributed by atoms with van der Waals surface area (Å²) < 4.78 is 42.2. The Bertz CT molecular complexity index is 866. The highest BCUT2D eigenvalue weighted by atomic mass is 32.2. The molecule has 1 N–H and O–H groups in total. The van der Waals surface area contributed by atoms with Gasteiger partial charge < -0.3 is 4.42 Å². The number of carbonyl (C=O) groups is 1. The molecule has 0 aliphatic rings. The molecule has 0 spiro atoms. The molecule has 128 valence electrons. The van der Waals surface area contributed by atoms with E-state index < -0.39 is 11.4 Å². The molecule has 1 aromatic carbocycles. The van der Waals surface area contributed by atoms with Crippen LogP contribution < -0.4 is 5.32 Å². The Labute approximate surface area is 143 Å². The summed E-state index contributed by atoms with van der Waals surface area (Å²) in [5, 5.41) is 9.87. The lowest BCUT2D eigenvalue weighted by Crippen LogP contribution is -2.12. The number of aromatic nitrogens is 3. The largest absolute Gasteiger partial charge is 0.446 e. The Balaban J connectivity index is 1.67. The van der Waals surface area contributed by atoms with Gasteiger partial charge in [0, 0.05) is 22.9 Å². The molecule has 0 atom stereocenters. The van der Waals surface area contributed by atoms with E-state index in [1.807, 2.05) is 0 Å². The van der Waals surface area contributed by atoms with Gasteiger partial charge in [-0.2, -0.15) is 13.2 Å². The van der Waals surface area contributed by atoms with Gasteiger partial charge in [-0.05, 0) is 48.2 Å². The summed E-state index contributed by atoms with van der Waals surface area (Å²) in [5.74, 6) is -0.398. The second-order valence-corrected chi connectivity index (χ2v) is 5.82. The SMILES string of the molecule is O=C(Nc1nnc(-c2cccnc2)o1)c1ccc(SC(F)(F)F)cc1. The minimum Gasteiger partial charge on any atom is -0.403 e. The van der Waals surface area contributed by atoms with Gasteiger partial charge in [-0.1, -0.05) is 5.10 Å². The lowest BCUT2D eigenvalue weighted by molar-refractivity contribution is -0.0328. The van der Waals surface area contributed by atoms with Crippen molar-refractivity contribution in [2.75, 3.05) is 5.32 Å².